The van der Waals surface area contributed by atoms with Crippen LogP contribution in [-0.4, -0.2) is 66.2 Å². The van der Waals surface area contributed by atoms with E-state index in [0.29, 0.717) is 33.8 Å². The summed E-state index contributed by atoms with van der Waals surface area (Å²) in [6, 6.07) is 19.3. The van der Waals surface area contributed by atoms with Gasteiger partial charge in [-0.3, -0.25) is 5.21 Å². The first-order chi connectivity index (χ1) is 19.7. The number of benzene rings is 3. The van der Waals surface area contributed by atoms with Gasteiger partial charge in [0.05, 0.1) is 21.3 Å². The highest BCUT2D eigenvalue weighted by molar-refractivity contribution is 6.44. The minimum Gasteiger partial charge on any atom is -0.493 e. The molecule has 0 saturated carbocycles. The molecule has 10 nitrogen and oxygen atoms in total. The number of aromatic nitrogens is 3. The molecular weight excluding hydrogens is 546 g/mol. The van der Waals surface area contributed by atoms with Crippen LogP contribution in [0.4, 0.5) is 5.69 Å². The topological polar surface area (TPSA) is 108 Å². The van der Waals surface area contributed by atoms with Crippen molar-refractivity contribution in [1.82, 2.24) is 15.0 Å². The van der Waals surface area contributed by atoms with E-state index in [-0.39, 0.29) is 15.6 Å². The number of nitrogens with zero attached hydrogens (tertiary/aromatic N) is 5. The lowest BCUT2D eigenvalue weighted by molar-refractivity contribution is -0.725. The molecule has 0 fully saturated rings. The Bertz CT molecular complexity index is 1620. The summed E-state index contributed by atoms with van der Waals surface area (Å²) in [4.78, 5) is 3.42. The monoisotopic (exact) mass is 575 g/mol. The molecule has 0 bridgehead atoms. The maximum atomic E-state index is 11.8. The zero-order chi connectivity index (χ0) is 29.3. The van der Waals surface area contributed by atoms with Crippen molar-refractivity contribution in [3.8, 4) is 17.2 Å². The molecule has 2 atom stereocenters. The third-order valence-electron chi connectivity index (χ3n) is 7.25. The van der Waals surface area contributed by atoms with Crippen LogP contribution in [0.1, 0.15) is 11.1 Å². The van der Waals surface area contributed by atoms with Crippen LogP contribution in [0.3, 0.4) is 0 Å². The van der Waals surface area contributed by atoms with Crippen molar-refractivity contribution >= 4 is 34.0 Å². The fraction of sp³-hybridized carbons (Fsp3) is 0.233. The molecule has 0 aliphatic heterocycles. The number of hydrogen-bond acceptors (Lipinski definition) is 8. The Labute approximate surface area is 242 Å². The van der Waals surface area contributed by atoms with Crippen molar-refractivity contribution in [3.63, 3.8) is 0 Å². The summed E-state index contributed by atoms with van der Waals surface area (Å²) in [6.45, 7) is 0. The van der Waals surface area contributed by atoms with Gasteiger partial charge in [0.1, 0.15) is 21.6 Å². The number of rotatable bonds is 8. The van der Waals surface area contributed by atoms with E-state index in [1.54, 1.807) is 38.3 Å². The van der Waals surface area contributed by atoms with Gasteiger partial charge in [-0.05, 0) is 53.6 Å². The molecular formula is C30H30ClN5O5. The quantitative estimate of drug-likeness (QED) is 0.178. The molecule has 212 valence electrons. The van der Waals surface area contributed by atoms with Gasteiger partial charge in [-0.2, -0.15) is 15.0 Å². The molecule has 0 radical (unpaired) electrons. The Morgan fingerprint density at radius 3 is 1.98 bits per heavy atom. The van der Waals surface area contributed by atoms with Crippen molar-refractivity contribution in [2.24, 2.45) is 5.92 Å². The second-order valence-electron chi connectivity index (χ2n) is 9.66. The molecule has 5 rings (SSSR count). The Kier molecular flexibility index (Phi) is 7.51. The second-order valence-corrected chi connectivity index (χ2v) is 10.1. The van der Waals surface area contributed by atoms with Gasteiger partial charge in [0.2, 0.25) is 5.75 Å². The van der Waals surface area contributed by atoms with Crippen LogP contribution in [0.5, 0.6) is 17.2 Å². The van der Waals surface area contributed by atoms with Crippen LogP contribution in [0.15, 0.2) is 83.9 Å². The SMILES string of the molecule is COc1cc(C(c2ccc(N(C)C)cc2)(C2C=C/C(=[N+](/[O-])O)C(Cl)=C2)n2nc3ccccc3n2)cc(OC)c1OC. The van der Waals surface area contributed by atoms with Crippen molar-refractivity contribution in [1.29, 1.82) is 0 Å². The number of hydrogen-bond donors (Lipinski definition) is 1. The zero-order valence-electron chi connectivity index (χ0n) is 23.3. The van der Waals surface area contributed by atoms with Gasteiger partial charge in [0.15, 0.2) is 11.5 Å². The highest BCUT2D eigenvalue weighted by Gasteiger charge is 2.47. The molecule has 3 aromatic carbocycles. The van der Waals surface area contributed by atoms with E-state index in [1.165, 1.54) is 6.08 Å². The van der Waals surface area contributed by atoms with Crippen molar-refractivity contribution < 1.29 is 24.3 Å². The maximum absolute atomic E-state index is 11.8. The van der Waals surface area contributed by atoms with Crippen LogP contribution in [-0.2, 0) is 5.54 Å². The average Bonchev–Trinajstić information content (AvgIpc) is 3.41. The Hall–Kier alpha value is -4.70. The predicted molar refractivity (Wildman–Crippen MR) is 158 cm³/mol. The summed E-state index contributed by atoms with van der Waals surface area (Å²) in [6.07, 6.45) is 4.98. The van der Waals surface area contributed by atoms with Crippen LogP contribution < -0.4 is 19.1 Å². The minimum atomic E-state index is -1.18. The van der Waals surface area contributed by atoms with E-state index in [1.807, 2.05) is 79.7 Å². The normalized spacial score (nSPS) is 17.5. The lowest BCUT2D eigenvalue weighted by Gasteiger charge is -2.39. The van der Waals surface area contributed by atoms with Crippen LogP contribution in [0, 0.1) is 11.1 Å². The molecule has 0 spiro atoms. The molecule has 1 aromatic heterocycles. The molecule has 41 heavy (non-hydrogen) atoms. The lowest BCUT2D eigenvalue weighted by atomic mass is 9.71. The van der Waals surface area contributed by atoms with Gasteiger partial charge in [-0.15, -0.1) is 0 Å². The van der Waals surface area contributed by atoms with Gasteiger partial charge >= 0.3 is 0 Å². The van der Waals surface area contributed by atoms with E-state index in [4.69, 9.17) is 36.0 Å². The Morgan fingerprint density at radius 1 is 0.927 bits per heavy atom. The van der Waals surface area contributed by atoms with Crippen molar-refractivity contribution in [2.45, 2.75) is 5.54 Å². The second kappa shape index (κ2) is 11.1. The first-order valence-corrected chi connectivity index (χ1v) is 13.1. The molecule has 1 N–H and O–H groups in total. The first-order valence-electron chi connectivity index (χ1n) is 12.7. The number of allylic oxidation sites excluding steroid dienone is 4. The molecule has 0 saturated heterocycles. The largest absolute Gasteiger partial charge is 0.493 e. The first kappa shape index (κ1) is 27.9. The van der Waals surface area contributed by atoms with E-state index < -0.39 is 11.5 Å². The smallest absolute Gasteiger partial charge is 0.285 e. The highest BCUT2D eigenvalue weighted by atomic mass is 35.5. The number of ether oxygens (including phenoxy) is 3. The third-order valence-corrected chi connectivity index (χ3v) is 7.57. The molecule has 4 aromatic rings. The predicted octanol–water partition coefficient (Wildman–Crippen LogP) is 4.96. The van der Waals surface area contributed by atoms with Gasteiger partial charge in [-0.1, -0.05) is 41.9 Å². The van der Waals surface area contributed by atoms with E-state index >= 15 is 0 Å². The summed E-state index contributed by atoms with van der Waals surface area (Å²) in [5.41, 5.74) is 2.64. The molecule has 0 amide bonds. The Morgan fingerprint density at radius 2 is 1.51 bits per heavy atom. The summed E-state index contributed by atoms with van der Waals surface area (Å²) < 4.78 is 17.1. The van der Waals surface area contributed by atoms with E-state index in [9.17, 15) is 10.4 Å². The summed E-state index contributed by atoms with van der Waals surface area (Å²) in [7, 11) is 8.59. The van der Waals surface area contributed by atoms with Crippen molar-refractivity contribution in [2.75, 3.05) is 40.3 Å². The maximum Gasteiger partial charge on any atom is 0.285 e. The standard InChI is InChI=1S/C30H30ClN5O5/c1-34(2)22-13-10-19(11-14-22)30(20-12-15-26(35(37)38)23(31)16-20,36-32-24-8-6-7-9-25(24)33-36)21-17-27(39-3)29(41-5)28(18-21)40-4/h6-18,20H,1-5H3,(H,37,38). The van der Waals surface area contributed by atoms with Gasteiger partial charge < -0.3 is 24.3 Å². The average molecular weight is 576 g/mol. The summed E-state index contributed by atoms with van der Waals surface area (Å²) in [5, 5.41) is 31.4. The molecule has 1 aliphatic rings. The fourth-order valence-corrected chi connectivity index (χ4v) is 5.51. The third kappa shape index (κ3) is 4.70. The lowest BCUT2D eigenvalue weighted by Crippen LogP contribution is -2.45. The van der Waals surface area contributed by atoms with Gasteiger partial charge in [0, 0.05) is 36.7 Å². The Balaban J connectivity index is 1.93. The van der Waals surface area contributed by atoms with Gasteiger partial charge in [0.25, 0.3) is 5.71 Å². The molecule has 1 aliphatic carbocycles. The number of fused-ring (bicyclic) bond motifs is 1. The minimum absolute atomic E-state index is 0.0773. The molecule has 1 heterocycles. The zero-order valence-corrected chi connectivity index (χ0v) is 24.0. The van der Waals surface area contributed by atoms with Crippen LogP contribution >= 0.6 is 11.6 Å². The number of halogens is 1. The summed E-state index contributed by atoms with van der Waals surface area (Å²) >= 11 is 6.60. The molecule has 2 unspecified atom stereocenters. The van der Waals surface area contributed by atoms with E-state index in [0.717, 1.165) is 11.3 Å². The van der Waals surface area contributed by atoms with Gasteiger partial charge in [-0.25, -0.2) is 0 Å². The highest BCUT2D eigenvalue weighted by Crippen LogP contribution is 2.49. The number of methoxy groups -OCH3 is 3. The molecule has 11 heteroatoms. The van der Waals surface area contributed by atoms with Crippen molar-refractivity contribution in [3.05, 3.63) is 100 Å². The number of anilines is 1. The fourth-order valence-electron chi connectivity index (χ4n) is 5.24. The van der Waals surface area contributed by atoms with E-state index in [2.05, 4.69) is 0 Å². The summed E-state index contributed by atoms with van der Waals surface area (Å²) in [5.74, 6) is 0.764. The van der Waals surface area contributed by atoms with Crippen LogP contribution in [0.2, 0.25) is 0 Å². The van der Waals surface area contributed by atoms with Crippen LogP contribution in [0.25, 0.3) is 11.0 Å².